The normalized spacial score (nSPS) is 42.0. The highest BCUT2D eigenvalue weighted by Gasteiger charge is 2.41. The number of rotatable bonds is 3. The van der Waals surface area contributed by atoms with Crippen LogP contribution in [-0.4, -0.2) is 42.8 Å². The highest BCUT2D eigenvalue weighted by atomic mass is 16.5. The van der Waals surface area contributed by atoms with Gasteiger partial charge in [0.1, 0.15) is 0 Å². The lowest BCUT2D eigenvalue weighted by molar-refractivity contribution is -0.0823. The fourth-order valence-corrected chi connectivity index (χ4v) is 4.80. The molecule has 1 saturated heterocycles. The Balaban J connectivity index is 1.69. The lowest BCUT2D eigenvalue weighted by Gasteiger charge is -2.46. The smallest absolute Gasteiger partial charge is 0.0731 e. The maximum Gasteiger partial charge on any atom is 0.0731 e. The van der Waals surface area contributed by atoms with Crippen molar-refractivity contribution >= 4 is 0 Å². The monoisotopic (exact) mass is 266 g/mol. The fraction of sp³-hybridized carbons (Fsp3) is 1.00. The van der Waals surface area contributed by atoms with Crippen LogP contribution in [0.2, 0.25) is 0 Å². The summed E-state index contributed by atoms with van der Waals surface area (Å²) in [5, 5.41) is 0. The predicted octanol–water partition coefficient (Wildman–Crippen LogP) is 2.39. The second-order valence-electron chi connectivity index (χ2n) is 6.98. The Bertz CT molecular complexity index is 296. The number of ether oxygens (including phenoxy) is 1. The fourth-order valence-electron chi connectivity index (χ4n) is 4.80. The molecule has 110 valence electrons. The summed E-state index contributed by atoms with van der Waals surface area (Å²) < 4.78 is 5.95. The minimum absolute atomic E-state index is 0.504. The molecule has 19 heavy (non-hydrogen) atoms. The molecule has 3 rings (SSSR count). The molecular weight excluding hydrogens is 236 g/mol. The summed E-state index contributed by atoms with van der Waals surface area (Å²) in [6.07, 6.45) is 10.0. The first-order valence-corrected chi connectivity index (χ1v) is 8.37. The van der Waals surface area contributed by atoms with E-state index < -0.39 is 0 Å². The van der Waals surface area contributed by atoms with Gasteiger partial charge in [-0.1, -0.05) is 19.8 Å². The van der Waals surface area contributed by atoms with Crippen LogP contribution in [0, 0.1) is 11.8 Å². The van der Waals surface area contributed by atoms with Crippen LogP contribution in [0.15, 0.2) is 0 Å². The van der Waals surface area contributed by atoms with Gasteiger partial charge in [0.2, 0.25) is 0 Å². The van der Waals surface area contributed by atoms with E-state index >= 15 is 0 Å². The molecular formula is C16H30N2O. The number of morpholine rings is 1. The third-order valence-corrected chi connectivity index (χ3v) is 5.71. The zero-order valence-corrected chi connectivity index (χ0v) is 12.4. The molecule has 2 saturated carbocycles. The summed E-state index contributed by atoms with van der Waals surface area (Å²) >= 11 is 0. The maximum absolute atomic E-state index is 6.18. The zero-order chi connectivity index (χ0) is 13.2. The summed E-state index contributed by atoms with van der Waals surface area (Å²) in [5.41, 5.74) is 6.18. The average molecular weight is 266 g/mol. The number of hydrogen-bond donors (Lipinski definition) is 1. The third-order valence-electron chi connectivity index (χ3n) is 5.71. The standard InChI is InChI=1S/C16H30N2O/c1-12-4-2-5-13(10-12)15(11-17)18-8-9-19-16-7-3-6-14(16)18/h12-16H,2-11,17H2,1H3. The van der Waals surface area contributed by atoms with E-state index in [2.05, 4.69) is 11.8 Å². The molecule has 0 aromatic rings. The number of fused-ring (bicyclic) bond motifs is 1. The second kappa shape index (κ2) is 6.11. The molecule has 0 radical (unpaired) electrons. The third kappa shape index (κ3) is 2.84. The molecule has 5 unspecified atom stereocenters. The van der Waals surface area contributed by atoms with Gasteiger partial charge in [-0.2, -0.15) is 0 Å². The Kier molecular flexibility index (Phi) is 4.45. The first kappa shape index (κ1) is 13.8. The first-order chi connectivity index (χ1) is 9.29. The topological polar surface area (TPSA) is 38.5 Å². The average Bonchev–Trinajstić information content (AvgIpc) is 2.89. The zero-order valence-electron chi connectivity index (χ0n) is 12.4. The van der Waals surface area contributed by atoms with Crippen LogP contribution in [0.5, 0.6) is 0 Å². The highest BCUT2D eigenvalue weighted by Crippen LogP contribution is 2.37. The summed E-state index contributed by atoms with van der Waals surface area (Å²) in [4.78, 5) is 2.74. The van der Waals surface area contributed by atoms with E-state index in [1.54, 1.807) is 0 Å². The predicted molar refractivity (Wildman–Crippen MR) is 78.0 cm³/mol. The van der Waals surface area contributed by atoms with Gasteiger partial charge in [-0.25, -0.2) is 0 Å². The van der Waals surface area contributed by atoms with Crippen LogP contribution in [-0.2, 0) is 4.74 Å². The van der Waals surface area contributed by atoms with Gasteiger partial charge in [0.15, 0.2) is 0 Å². The van der Waals surface area contributed by atoms with E-state index in [1.165, 1.54) is 44.9 Å². The van der Waals surface area contributed by atoms with Crippen molar-refractivity contribution in [1.29, 1.82) is 0 Å². The molecule has 2 N–H and O–H groups in total. The molecule has 3 heteroatoms. The van der Waals surface area contributed by atoms with Crippen molar-refractivity contribution in [3.8, 4) is 0 Å². The molecule has 0 bridgehead atoms. The van der Waals surface area contributed by atoms with Crippen LogP contribution in [0.3, 0.4) is 0 Å². The minimum atomic E-state index is 0.504. The molecule has 0 spiro atoms. The molecule has 3 aliphatic rings. The Hall–Kier alpha value is -0.120. The van der Waals surface area contributed by atoms with E-state index in [9.17, 15) is 0 Å². The van der Waals surface area contributed by atoms with Gasteiger partial charge >= 0.3 is 0 Å². The van der Waals surface area contributed by atoms with Gasteiger partial charge in [0, 0.05) is 25.2 Å². The van der Waals surface area contributed by atoms with Crippen molar-refractivity contribution in [1.82, 2.24) is 4.90 Å². The van der Waals surface area contributed by atoms with Gasteiger partial charge in [-0.05, 0) is 43.9 Å². The molecule has 2 aliphatic carbocycles. The molecule has 0 aromatic carbocycles. The Labute approximate surface area is 117 Å². The van der Waals surface area contributed by atoms with Crippen LogP contribution in [0.1, 0.15) is 51.9 Å². The summed E-state index contributed by atoms with van der Waals surface area (Å²) in [5.74, 6) is 1.72. The van der Waals surface area contributed by atoms with Crippen LogP contribution in [0.4, 0.5) is 0 Å². The Morgan fingerprint density at radius 1 is 1.21 bits per heavy atom. The number of hydrogen-bond acceptors (Lipinski definition) is 3. The van der Waals surface area contributed by atoms with E-state index in [-0.39, 0.29) is 0 Å². The number of nitrogens with two attached hydrogens (primary N) is 1. The van der Waals surface area contributed by atoms with Crippen LogP contribution in [0.25, 0.3) is 0 Å². The quantitative estimate of drug-likeness (QED) is 0.852. The van der Waals surface area contributed by atoms with E-state index in [1.807, 2.05) is 0 Å². The van der Waals surface area contributed by atoms with E-state index in [4.69, 9.17) is 10.5 Å². The van der Waals surface area contributed by atoms with Crippen molar-refractivity contribution in [2.75, 3.05) is 19.7 Å². The Morgan fingerprint density at radius 3 is 2.84 bits per heavy atom. The van der Waals surface area contributed by atoms with Crippen molar-refractivity contribution in [2.45, 2.75) is 70.1 Å². The van der Waals surface area contributed by atoms with Crippen molar-refractivity contribution in [3.05, 3.63) is 0 Å². The largest absolute Gasteiger partial charge is 0.375 e. The molecule has 0 amide bonds. The van der Waals surface area contributed by atoms with Gasteiger partial charge in [-0.3, -0.25) is 4.90 Å². The summed E-state index contributed by atoms with van der Waals surface area (Å²) in [7, 11) is 0. The Morgan fingerprint density at radius 2 is 2.05 bits per heavy atom. The minimum Gasteiger partial charge on any atom is -0.375 e. The molecule has 3 nitrogen and oxygen atoms in total. The maximum atomic E-state index is 6.18. The van der Waals surface area contributed by atoms with Gasteiger partial charge in [0.05, 0.1) is 12.7 Å². The van der Waals surface area contributed by atoms with Crippen molar-refractivity contribution < 1.29 is 4.74 Å². The van der Waals surface area contributed by atoms with Crippen molar-refractivity contribution in [3.63, 3.8) is 0 Å². The SMILES string of the molecule is CC1CCCC(C(CN)N2CCOC3CCCC32)C1. The summed E-state index contributed by atoms with van der Waals surface area (Å²) in [6.45, 7) is 5.27. The highest BCUT2D eigenvalue weighted by molar-refractivity contribution is 4.95. The first-order valence-electron chi connectivity index (χ1n) is 8.37. The van der Waals surface area contributed by atoms with Gasteiger partial charge in [-0.15, -0.1) is 0 Å². The van der Waals surface area contributed by atoms with Gasteiger partial charge in [0.25, 0.3) is 0 Å². The number of nitrogens with zero attached hydrogens (tertiary/aromatic N) is 1. The second-order valence-corrected chi connectivity index (χ2v) is 6.98. The molecule has 5 atom stereocenters. The van der Waals surface area contributed by atoms with E-state index in [0.717, 1.165) is 31.5 Å². The van der Waals surface area contributed by atoms with Crippen LogP contribution >= 0.6 is 0 Å². The van der Waals surface area contributed by atoms with E-state index in [0.29, 0.717) is 18.2 Å². The lowest BCUT2D eigenvalue weighted by Crippen LogP contribution is -2.57. The molecule has 1 heterocycles. The van der Waals surface area contributed by atoms with Gasteiger partial charge < -0.3 is 10.5 Å². The lowest BCUT2D eigenvalue weighted by atomic mass is 9.77. The van der Waals surface area contributed by atoms with Crippen molar-refractivity contribution in [2.24, 2.45) is 17.6 Å². The summed E-state index contributed by atoms with van der Waals surface area (Å²) in [6, 6.07) is 1.27. The molecule has 1 aliphatic heterocycles. The molecule has 3 fully saturated rings. The molecule has 0 aromatic heterocycles. The van der Waals surface area contributed by atoms with Crippen LogP contribution < -0.4 is 5.73 Å².